The largest absolute Gasteiger partial charge is 0.489 e. The Bertz CT molecular complexity index is 841. The van der Waals surface area contributed by atoms with Gasteiger partial charge in [0.05, 0.1) is 23.9 Å². The molecule has 0 fully saturated rings. The molecule has 5 nitrogen and oxygen atoms in total. The quantitative estimate of drug-likeness (QED) is 0.653. The maximum Gasteiger partial charge on any atom is 0.303 e. The highest BCUT2D eigenvalue weighted by Gasteiger charge is 2.16. The number of ether oxygens (including phenoxy) is 2. The normalized spacial score (nSPS) is 12.1. The van der Waals surface area contributed by atoms with Crippen molar-refractivity contribution < 1.29 is 14.3 Å². The zero-order valence-corrected chi connectivity index (χ0v) is 13.8. The average molecular weight is 324 g/mol. The molecule has 0 aliphatic carbocycles. The second-order valence-electron chi connectivity index (χ2n) is 5.69. The summed E-state index contributed by atoms with van der Waals surface area (Å²) in [5.41, 5.74) is 2.97. The highest BCUT2D eigenvalue weighted by molar-refractivity contribution is 5.75. The third-order valence-corrected chi connectivity index (χ3v) is 3.78. The fourth-order valence-corrected chi connectivity index (χ4v) is 2.63. The molecule has 2 aromatic carbocycles. The average Bonchev–Trinajstić information content (AvgIpc) is 2.97. The van der Waals surface area contributed by atoms with E-state index < -0.39 is 0 Å². The maximum atomic E-state index is 11.4. The number of hydrogen-bond donors (Lipinski definition) is 0. The first-order chi connectivity index (χ1) is 11.6. The zero-order valence-electron chi connectivity index (χ0n) is 13.8. The van der Waals surface area contributed by atoms with Crippen LogP contribution < -0.4 is 4.74 Å². The van der Waals surface area contributed by atoms with Gasteiger partial charge >= 0.3 is 5.97 Å². The number of carbonyl (C=O) groups excluding carboxylic acids is 1. The van der Waals surface area contributed by atoms with E-state index in [0.717, 1.165) is 22.3 Å². The van der Waals surface area contributed by atoms with E-state index in [1.807, 2.05) is 60.0 Å². The molecule has 0 spiro atoms. The number of aromatic nitrogens is 2. The molecule has 0 aliphatic rings. The van der Waals surface area contributed by atoms with E-state index in [-0.39, 0.29) is 18.7 Å². The molecule has 3 rings (SSSR count). The smallest absolute Gasteiger partial charge is 0.303 e. The summed E-state index contributed by atoms with van der Waals surface area (Å²) < 4.78 is 13.2. The minimum atomic E-state index is -0.389. The van der Waals surface area contributed by atoms with Gasteiger partial charge in [-0.2, -0.15) is 0 Å². The molecule has 1 aromatic heterocycles. The lowest BCUT2D eigenvalue weighted by Gasteiger charge is -2.19. The Morgan fingerprint density at radius 1 is 1.17 bits per heavy atom. The van der Waals surface area contributed by atoms with Crippen molar-refractivity contribution in [3.05, 3.63) is 60.4 Å². The third-order valence-electron chi connectivity index (χ3n) is 3.78. The number of benzene rings is 2. The summed E-state index contributed by atoms with van der Waals surface area (Å²) >= 11 is 0. The first-order valence-electron chi connectivity index (χ1n) is 7.89. The second kappa shape index (κ2) is 7.17. The first kappa shape index (κ1) is 16.1. The highest BCUT2D eigenvalue weighted by Crippen LogP contribution is 2.18. The van der Waals surface area contributed by atoms with Crippen molar-refractivity contribution in [2.75, 3.05) is 6.61 Å². The summed E-state index contributed by atoms with van der Waals surface area (Å²) in [4.78, 5) is 15.8. The highest BCUT2D eigenvalue weighted by atomic mass is 16.6. The summed E-state index contributed by atoms with van der Waals surface area (Å²) in [7, 11) is 0. The second-order valence-corrected chi connectivity index (χ2v) is 5.69. The molecule has 0 N–H and O–H groups in total. The monoisotopic (exact) mass is 324 g/mol. The summed E-state index contributed by atoms with van der Waals surface area (Å²) in [6.45, 7) is 4.18. The number of carbonyl (C=O) groups is 1. The van der Waals surface area contributed by atoms with Gasteiger partial charge in [0, 0.05) is 6.92 Å². The first-order valence-corrected chi connectivity index (χ1v) is 7.89. The third kappa shape index (κ3) is 3.74. The van der Waals surface area contributed by atoms with Crippen LogP contribution in [0, 0.1) is 6.92 Å². The van der Waals surface area contributed by atoms with Gasteiger partial charge in [-0.05, 0) is 30.7 Å². The molecular formula is C19H20N2O3. The van der Waals surface area contributed by atoms with Gasteiger partial charge < -0.3 is 14.0 Å². The fourth-order valence-electron chi connectivity index (χ4n) is 2.63. The van der Waals surface area contributed by atoms with Crippen LogP contribution in [0.2, 0.25) is 0 Å². The SMILES string of the molecule is CC(=O)OC(COc1ccccc1C)Cn1cnc2ccccc21. The van der Waals surface area contributed by atoms with Crippen molar-refractivity contribution in [2.45, 2.75) is 26.5 Å². The number of para-hydroxylation sites is 3. The molecule has 1 unspecified atom stereocenters. The molecule has 124 valence electrons. The maximum absolute atomic E-state index is 11.4. The molecule has 0 aliphatic heterocycles. The van der Waals surface area contributed by atoms with Crippen LogP contribution in [0.25, 0.3) is 11.0 Å². The molecule has 0 amide bonds. The Kier molecular flexibility index (Phi) is 4.79. The number of rotatable bonds is 6. The summed E-state index contributed by atoms with van der Waals surface area (Å²) in [5, 5.41) is 0. The lowest BCUT2D eigenvalue weighted by Crippen LogP contribution is -2.28. The molecule has 0 radical (unpaired) electrons. The van der Waals surface area contributed by atoms with Gasteiger partial charge in [-0.15, -0.1) is 0 Å². The number of fused-ring (bicyclic) bond motifs is 1. The Hall–Kier alpha value is -2.82. The lowest BCUT2D eigenvalue weighted by atomic mass is 10.2. The van der Waals surface area contributed by atoms with E-state index in [0.29, 0.717) is 6.54 Å². The topological polar surface area (TPSA) is 53.4 Å². The van der Waals surface area contributed by atoms with Crippen LogP contribution in [0.5, 0.6) is 5.75 Å². The van der Waals surface area contributed by atoms with Gasteiger partial charge in [-0.3, -0.25) is 4.79 Å². The Balaban J connectivity index is 1.74. The van der Waals surface area contributed by atoms with Crippen LogP contribution in [-0.2, 0) is 16.1 Å². The van der Waals surface area contributed by atoms with Gasteiger partial charge in [0.15, 0.2) is 6.10 Å². The molecule has 1 atom stereocenters. The van der Waals surface area contributed by atoms with Crippen molar-refractivity contribution >= 4 is 17.0 Å². The molecule has 0 bridgehead atoms. The van der Waals surface area contributed by atoms with E-state index in [1.165, 1.54) is 6.92 Å². The van der Waals surface area contributed by atoms with Gasteiger partial charge in [0.2, 0.25) is 0 Å². The molecule has 1 heterocycles. The molecule has 5 heteroatoms. The van der Waals surface area contributed by atoms with Crippen molar-refractivity contribution in [3.63, 3.8) is 0 Å². The number of nitrogens with zero attached hydrogens (tertiary/aromatic N) is 2. The Morgan fingerprint density at radius 2 is 1.92 bits per heavy atom. The predicted octanol–water partition coefficient (Wildman–Crippen LogP) is 3.36. The van der Waals surface area contributed by atoms with Crippen LogP contribution >= 0.6 is 0 Å². The standard InChI is InChI=1S/C19H20N2O3/c1-14-7-3-6-10-19(14)23-12-16(24-15(2)22)11-21-13-20-17-8-4-5-9-18(17)21/h3-10,13,16H,11-12H2,1-2H3. The van der Waals surface area contributed by atoms with Crippen molar-refractivity contribution in [3.8, 4) is 5.75 Å². The van der Waals surface area contributed by atoms with Gasteiger partial charge in [-0.25, -0.2) is 4.98 Å². The van der Waals surface area contributed by atoms with Crippen LogP contribution in [-0.4, -0.2) is 28.2 Å². The molecule has 24 heavy (non-hydrogen) atoms. The summed E-state index contributed by atoms with van der Waals surface area (Å²) in [5.74, 6) is 0.475. The molecule has 3 aromatic rings. The van der Waals surface area contributed by atoms with E-state index in [1.54, 1.807) is 6.33 Å². The van der Waals surface area contributed by atoms with E-state index in [9.17, 15) is 4.79 Å². The van der Waals surface area contributed by atoms with E-state index in [4.69, 9.17) is 9.47 Å². The van der Waals surface area contributed by atoms with E-state index in [2.05, 4.69) is 4.98 Å². The number of imidazole rings is 1. The Labute approximate surface area is 140 Å². The van der Waals surface area contributed by atoms with Crippen molar-refractivity contribution in [1.82, 2.24) is 9.55 Å². The van der Waals surface area contributed by atoms with Crippen molar-refractivity contribution in [1.29, 1.82) is 0 Å². The fraction of sp³-hybridized carbons (Fsp3) is 0.263. The molecular weight excluding hydrogens is 304 g/mol. The molecule has 0 saturated carbocycles. The van der Waals surface area contributed by atoms with Crippen LogP contribution in [0.15, 0.2) is 54.9 Å². The zero-order chi connectivity index (χ0) is 16.9. The number of hydrogen-bond acceptors (Lipinski definition) is 4. The van der Waals surface area contributed by atoms with Gasteiger partial charge in [0.25, 0.3) is 0 Å². The number of esters is 1. The minimum absolute atomic E-state index is 0.289. The van der Waals surface area contributed by atoms with Gasteiger partial charge in [0.1, 0.15) is 12.4 Å². The van der Waals surface area contributed by atoms with Gasteiger partial charge in [-0.1, -0.05) is 30.3 Å². The molecule has 0 saturated heterocycles. The van der Waals surface area contributed by atoms with Crippen LogP contribution in [0.1, 0.15) is 12.5 Å². The Morgan fingerprint density at radius 3 is 2.71 bits per heavy atom. The summed E-state index contributed by atoms with van der Waals surface area (Å²) in [6.07, 6.45) is 1.37. The summed E-state index contributed by atoms with van der Waals surface area (Å²) in [6, 6.07) is 15.6. The number of aryl methyl sites for hydroxylation is 1. The lowest BCUT2D eigenvalue weighted by molar-refractivity contribution is -0.148. The van der Waals surface area contributed by atoms with Crippen molar-refractivity contribution in [2.24, 2.45) is 0 Å². The van der Waals surface area contributed by atoms with E-state index >= 15 is 0 Å². The van der Waals surface area contributed by atoms with Crippen LogP contribution in [0.4, 0.5) is 0 Å². The van der Waals surface area contributed by atoms with Crippen LogP contribution in [0.3, 0.4) is 0 Å². The minimum Gasteiger partial charge on any atom is -0.489 e. The predicted molar refractivity (Wildman–Crippen MR) is 92.0 cm³/mol.